The average Bonchev–Trinajstić information content (AvgIpc) is 2.33. The molecule has 0 bridgehead atoms. The van der Waals surface area contributed by atoms with Crippen molar-refractivity contribution in [2.24, 2.45) is 0 Å². The van der Waals surface area contributed by atoms with Gasteiger partial charge in [0, 0.05) is 17.6 Å². The first kappa shape index (κ1) is 17.3. The fourth-order valence-corrected chi connectivity index (χ4v) is 2.02. The second kappa shape index (κ2) is 7.29. The summed E-state index contributed by atoms with van der Waals surface area (Å²) in [6, 6.07) is 6.42. The summed E-state index contributed by atoms with van der Waals surface area (Å²) in [5, 5.41) is 10.5. The van der Waals surface area contributed by atoms with Gasteiger partial charge in [0.25, 0.3) is 0 Å². The summed E-state index contributed by atoms with van der Waals surface area (Å²) in [7, 11) is 0. The minimum absolute atomic E-state index is 0.182. The summed E-state index contributed by atoms with van der Waals surface area (Å²) in [5.74, 6) is 0. The zero-order chi connectivity index (χ0) is 15.3. The molecule has 114 valence electrons. The van der Waals surface area contributed by atoms with Crippen LogP contribution in [0.4, 0.5) is 13.2 Å². The van der Waals surface area contributed by atoms with E-state index in [0.717, 1.165) is 0 Å². The third kappa shape index (κ3) is 6.11. The fourth-order valence-electron chi connectivity index (χ4n) is 1.89. The van der Waals surface area contributed by atoms with Gasteiger partial charge in [-0.2, -0.15) is 13.2 Å². The molecule has 0 aliphatic rings. The number of benzene rings is 1. The zero-order valence-electron chi connectivity index (χ0n) is 11.5. The number of aliphatic hydroxyl groups excluding tert-OH is 1. The van der Waals surface area contributed by atoms with Gasteiger partial charge in [-0.3, -0.25) is 4.90 Å². The second-order valence-electron chi connectivity index (χ2n) is 5.04. The maximum absolute atomic E-state index is 12.4. The van der Waals surface area contributed by atoms with Crippen LogP contribution in [0.25, 0.3) is 0 Å². The van der Waals surface area contributed by atoms with Crippen LogP contribution in [0, 0.1) is 0 Å². The van der Waals surface area contributed by atoms with Gasteiger partial charge in [-0.05, 0) is 38.0 Å². The Morgan fingerprint density at radius 3 is 2.20 bits per heavy atom. The lowest BCUT2D eigenvalue weighted by molar-refractivity contribution is -0.150. The smallest absolute Gasteiger partial charge is 0.388 e. The van der Waals surface area contributed by atoms with Gasteiger partial charge in [0.15, 0.2) is 0 Å². The van der Waals surface area contributed by atoms with E-state index >= 15 is 0 Å². The van der Waals surface area contributed by atoms with Crippen molar-refractivity contribution < 1.29 is 18.3 Å². The molecule has 0 saturated heterocycles. The monoisotopic (exact) mass is 309 g/mol. The van der Waals surface area contributed by atoms with E-state index in [0.29, 0.717) is 10.6 Å². The Kier molecular flexibility index (Phi) is 6.30. The number of nitrogens with zero attached hydrogens (tertiary/aromatic N) is 1. The summed E-state index contributed by atoms with van der Waals surface area (Å²) >= 11 is 5.74. The number of hydrogen-bond acceptors (Lipinski definition) is 2. The molecule has 2 nitrogen and oxygen atoms in total. The third-order valence-electron chi connectivity index (χ3n) is 3.06. The highest BCUT2D eigenvalue weighted by Gasteiger charge is 2.31. The number of halogens is 4. The molecule has 1 unspecified atom stereocenters. The quantitative estimate of drug-likeness (QED) is 0.857. The van der Waals surface area contributed by atoms with Crippen LogP contribution in [0.5, 0.6) is 0 Å². The number of aliphatic hydroxyl groups is 1. The van der Waals surface area contributed by atoms with Crippen LogP contribution in [0.3, 0.4) is 0 Å². The van der Waals surface area contributed by atoms with E-state index in [1.807, 2.05) is 0 Å². The predicted octanol–water partition coefficient (Wildman–Crippen LogP) is 4.04. The van der Waals surface area contributed by atoms with Gasteiger partial charge in [-0.1, -0.05) is 23.7 Å². The largest absolute Gasteiger partial charge is 0.401 e. The molecule has 20 heavy (non-hydrogen) atoms. The highest BCUT2D eigenvalue weighted by atomic mass is 35.5. The van der Waals surface area contributed by atoms with Crippen LogP contribution in [0.1, 0.15) is 31.9 Å². The van der Waals surface area contributed by atoms with Gasteiger partial charge < -0.3 is 5.11 Å². The van der Waals surface area contributed by atoms with Crippen molar-refractivity contribution in [2.75, 3.05) is 13.1 Å². The van der Waals surface area contributed by atoms with E-state index in [4.69, 9.17) is 11.6 Å². The molecule has 0 spiro atoms. The van der Waals surface area contributed by atoms with E-state index in [1.54, 1.807) is 38.1 Å². The van der Waals surface area contributed by atoms with Crippen LogP contribution >= 0.6 is 11.6 Å². The molecular formula is C14H19ClF3NO. The lowest BCUT2D eigenvalue weighted by atomic mass is 10.1. The molecule has 6 heteroatoms. The lowest BCUT2D eigenvalue weighted by Gasteiger charge is -2.28. The summed E-state index contributed by atoms with van der Waals surface area (Å²) in [4.78, 5) is 1.30. The molecule has 0 fully saturated rings. The highest BCUT2D eigenvalue weighted by Crippen LogP contribution is 2.22. The van der Waals surface area contributed by atoms with E-state index in [-0.39, 0.29) is 19.0 Å². The molecule has 0 saturated carbocycles. The van der Waals surface area contributed by atoms with Gasteiger partial charge in [0.1, 0.15) is 0 Å². The molecule has 0 radical (unpaired) electrons. The van der Waals surface area contributed by atoms with Gasteiger partial charge in [0.05, 0.1) is 12.6 Å². The van der Waals surface area contributed by atoms with E-state index in [9.17, 15) is 18.3 Å². The normalized spacial score (nSPS) is 14.1. The Balaban J connectivity index is 2.56. The molecule has 1 N–H and O–H groups in total. The first-order chi connectivity index (χ1) is 9.19. The minimum Gasteiger partial charge on any atom is -0.388 e. The summed E-state index contributed by atoms with van der Waals surface area (Å²) in [6.45, 7) is 2.64. The van der Waals surface area contributed by atoms with Crippen LogP contribution in [-0.2, 0) is 0 Å². The second-order valence-corrected chi connectivity index (χ2v) is 5.47. The van der Waals surface area contributed by atoms with Crippen molar-refractivity contribution in [3.05, 3.63) is 34.9 Å². The Bertz CT molecular complexity index is 406. The Hall–Kier alpha value is -0.780. The van der Waals surface area contributed by atoms with Crippen molar-refractivity contribution in [1.82, 2.24) is 4.90 Å². The van der Waals surface area contributed by atoms with Crippen molar-refractivity contribution in [1.29, 1.82) is 0 Å². The maximum Gasteiger partial charge on any atom is 0.401 e. The van der Waals surface area contributed by atoms with Crippen LogP contribution < -0.4 is 0 Å². The summed E-state index contributed by atoms with van der Waals surface area (Å²) < 4.78 is 37.3. The Morgan fingerprint density at radius 2 is 1.75 bits per heavy atom. The van der Waals surface area contributed by atoms with Crippen LogP contribution in [0.15, 0.2) is 24.3 Å². The van der Waals surface area contributed by atoms with Crippen LogP contribution in [-0.4, -0.2) is 35.3 Å². The van der Waals surface area contributed by atoms with Crippen molar-refractivity contribution in [3.8, 4) is 0 Å². The van der Waals surface area contributed by atoms with E-state index < -0.39 is 18.8 Å². The first-order valence-electron chi connectivity index (χ1n) is 6.43. The molecule has 1 rings (SSSR count). The Morgan fingerprint density at radius 1 is 1.20 bits per heavy atom. The molecule has 0 heterocycles. The van der Waals surface area contributed by atoms with Gasteiger partial charge >= 0.3 is 6.18 Å². The SMILES string of the molecule is CC(C)N(CCC(O)c1ccc(Cl)cc1)CC(F)(F)F. The van der Waals surface area contributed by atoms with Gasteiger partial charge in [0.2, 0.25) is 0 Å². The number of rotatable bonds is 6. The van der Waals surface area contributed by atoms with Crippen LogP contribution in [0.2, 0.25) is 5.02 Å². The zero-order valence-corrected chi connectivity index (χ0v) is 12.2. The summed E-state index contributed by atoms with van der Waals surface area (Å²) in [6.07, 6.45) is -4.77. The molecule has 0 amide bonds. The van der Waals surface area contributed by atoms with E-state index in [1.165, 1.54) is 4.90 Å². The van der Waals surface area contributed by atoms with Gasteiger partial charge in [-0.15, -0.1) is 0 Å². The molecular weight excluding hydrogens is 291 g/mol. The topological polar surface area (TPSA) is 23.5 Å². The number of alkyl halides is 3. The summed E-state index contributed by atoms with van der Waals surface area (Å²) in [5.41, 5.74) is 0.658. The fraction of sp³-hybridized carbons (Fsp3) is 0.571. The molecule has 0 aliphatic heterocycles. The van der Waals surface area contributed by atoms with Crippen molar-refractivity contribution in [2.45, 2.75) is 38.6 Å². The third-order valence-corrected chi connectivity index (χ3v) is 3.31. The molecule has 1 aromatic carbocycles. The first-order valence-corrected chi connectivity index (χ1v) is 6.81. The van der Waals surface area contributed by atoms with Gasteiger partial charge in [-0.25, -0.2) is 0 Å². The minimum atomic E-state index is -4.23. The molecule has 0 aromatic heterocycles. The highest BCUT2D eigenvalue weighted by molar-refractivity contribution is 6.30. The Labute approximate surface area is 122 Å². The predicted molar refractivity (Wildman–Crippen MR) is 73.8 cm³/mol. The molecule has 1 atom stereocenters. The van der Waals surface area contributed by atoms with E-state index in [2.05, 4.69) is 0 Å². The van der Waals surface area contributed by atoms with Crippen molar-refractivity contribution >= 4 is 11.6 Å². The molecule has 1 aromatic rings. The number of hydrogen-bond donors (Lipinski definition) is 1. The standard InChI is InChI=1S/C14H19ClF3NO/c1-10(2)19(9-14(16,17)18)8-7-13(20)11-3-5-12(15)6-4-11/h3-6,10,13,20H,7-9H2,1-2H3. The molecule has 0 aliphatic carbocycles. The van der Waals surface area contributed by atoms with Crippen molar-refractivity contribution in [3.63, 3.8) is 0 Å². The maximum atomic E-state index is 12.4. The lowest BCUT2D eigenvalue weighted by Crippen LogP contribution is -2.40. The average molecular weight is 310 g/mol.